The molecule has 3 aromatic rings. The Morgan fingerprint density at radius 1 is 0.781 bits per heavy atom. The molecule has 0 aromatic heterocycles. The van der Waals surface area contributed by atoms with Crippen LogP contribution >= 0.6 is 11.6 Å². The summed E-state index contributed by atoms with van der Waals surface area (Å²) in [5, 5.41) is 3.60. The van der Waals surface area contributed by atoms with Crippen molar-refractivity contribution in [3.8, 4) is 0 Å². The molecule has 0 radical (unpaired) electrons. The Hall–Kier alpha value is -3.51. The molecule has 0 atom stereocenters. The molecule has 1 N–H and O–H groups in total. The van der Waals surface area contributed by atoms with Gasteiger partial charge < -0.3 is 5.32 Å². The molecule has 162 valence electrons. The van der Waals surface area contributed by atoms with Crippen LogP contribution in [-0.4, -0.2) is 11.8 Å². The van der Waals surface area contributed by atoms with Gasteiger partial charge in [0.2, 0.25) is 0 Å². The first-order chi connectivity index (χ1) is 15.2. The van der Waals surface area contributed by atoms with Gasteiger partial charge >= 0.3 is 0 Å². The van der Waals surface area contributed by atoms with E-state index in [-0.39, 0.29) is 17.0 Å². The molecule has 4 rings (SSSR count). The zero-order valence-corrected chi connectivity index (χ0v) is 18.3. The summed E-state index contributed by atoms with van der Waals surface area (Å²) in [5.74, 6) is -3.50. The van der Waals surface area contributed by atoms with E-state index in [1.165, 1.54) is 6.07 Å². The fourth-order valence-electron chi connectivity index (χ4n) is 3.57. The third-order valence-electron chi connectivity index (χ3n) is 5.49. The molecular weight excluding hydrogens is 434 g/mol. The van der Waals surface area contributed by atoms with E-state index in [9.17, 15) is 18.4 Å². The highest BCUT2D eigenvalue weighted by molar-refractivity contribution is 6.46. The summed E-state index contributed by atoms with van der Waals surface area (Å²) in [6, 6.07) is 13.5. The number of amides is 2. The maximum absolute atomic E-state index is 13.9. The van der Waals surface area contributed by atoms with Crippen molar-refractivity contribution < 1.29 is 18.4 Å². The van der Waals surface area contributed by atoms with Crippen LogP contribution in [0.25, 0.3) is 5.57 Å². The molecule has 0 saturated heterocycles. The zero-order valence-electron chi connectivity index (χ0n) is 17.6. The second kappa shape index (κ2) is 8.20. The summed E-state index contributed by atoms with van der Waals surface area (Å²) in [6.45, 7) is 5.67. The lowest BCUT2D eigenvalue weighted by molar-refractivity contribution is -0.120. The molecule has 0 bridgehead atoms. The fourth-order valence-corrected chi connectivity index (χ4v) is 3.80. The Labute approximate surface area is 189 Å². The van der Waals surface area contributed by atoms with E-state index in [1.54, 1.807) is 24.3 Å². The number of hydrogen-bond acceptors (Lipinski definition) is 3. The Morgan fingerprint density at radius 2 is 1.53 bits per heavy atom. The van der Waals surface area contributed by atoms with Gasteiger partial charge in [0.15, 0.2) is 11.6 Å². The van der Waals surface area contributed by atoms with Crippen LogP contribution in [-0.2, 0) is 9.59 Å². The Balaban J connectivity index is 1.87. The van der Waals surface area contributed by atoms with Crippen LogP contribution in [0, 0.1) is 32.4 Å². The van der Waals surface area contributed by atoms with Crippen LogP contribution in [0.15, 0.2) is 60.3 Å². The average Bonchev–Trinajstić information content (AvgIpc) is 2.98. The van der Waals surface area contributed by atoms with Crippen LogP contribution in [0.3, 0.4) is 0 Å². The van der Waals surface area contributed by atoms with E-state index in [1.807, 2.05) is 32.9 Å². The van der Waals surface area contributed by atoms with E-state index in [4.69, 9.17) is 11.6 Å². The largest absolute Gasteiger partial charge is 0.350 e. The van der Waals surface area contributed by atoms with Gasteiger partial charge in [0.1, 0.15) is 5.70 Å². The van der Waals surface area contributed by atoms with E-state index in [2.05, 4.69) is 5.32 Å². The SMILES string of the molecule is Cc1ccc(C2=C(Nc3ccc(Cl)cc3C)C(=O)N(c3ccc(F)c(F)c3)C2=O)cc1C. The minimum Gasteiger partial charge on any atom is -0.350 e. The number of anilines is 2. The van der Waals surface area contributed by atoms with Gasteiger partial charge in [0.25, 0.3) is 11.8 Å². The van der Waals surface area contributed by atoms with Gasteiger partial charge in [-0.25, -0.2) is 13.7 Å². The predicted molar refractivity (Wildman–Crippen MR) is 121 cm³/mol. The van der Waals surface area contributed by atoms with Crippen molar-refractivity contribution in [3.63, 3.8) is 0 Å². The average molecular weight is 453 g/mol. The zero-order chi connectivity index (χ0) is 23.2. The van der Waals surface area contributed by atoms with Gasteiger partial charge in [-0.2, -0.15) is 0 Å². The third kappa shape index (κ3) is 3.78. The lowest BCUT2D eigenvalue weighted by Gasteiger charge is -2.16. The quantitative estimate of drug-likeness (QED) is 0.498. The molecule has 0 saturated carbocycles. The fraction of sp³-hybridized carbons (Fsp3) is 0.120. The second-order valence-electron chi connectivity index (χ2n) is 7.68. The summed E-state index contributed by atoms with van der Waals surface area (Å²) in [7, 11) is 0. The molecule has 0 spiro atoms. The monoisotopic (exact) mass is 452 g/mol. The normalized spacial score (nSPS) is 13.9. The number of rotatable bonds is 4. The lowest BCUT2D eigenvalue weighted by Crippen LogP contribution is -2.32. The number of carbonyl (C=O) groups is 2. The first kappa shape index (κ1) is 21.7. The molecular formula is C25H19ClF2N2O2. The van der Waals surface area contributed by atoms with Crippen LogP contribution < -0.4 is 10.2 Å². The van der Waals surface area contributed by atoms with Crippen molar-refractivity contribution in [2.75, 3.05) is 10.2 Å². The van der Waals surface area contributed by atoms with Gasteiger partial charge in [-0.05, 0) is 73.4 Å². The molecule has 1 aliphatic rings. The van der Waals surface area contributed by atoms with Gasteiger partial charge in [0, 0.05) is 16.8 Å². The Bertz CT molecular complexity index is 1320. The molecule has 1 heterocycles. The van der Waals surface area contributed by atoms with E-state index in [0.717, 1.165) is 33.7 Å². The first-order valence-electron chi connectivity index (χ1n) is 9.86. The van der Waals surface area contributed by atoms with E-state index in [0.29, 0.717) is 16.3 Å². The van der Waals surface area contributed by atoms with Crippen molar-refractivity contribution in [2.45, 2.75) is 20.8 Å². The van der Waals surface area contributed by atoms with E-state index >= 15 is 0 Å². The van der Waals surface area contributed by atoms with E-state index < -0.39 is 23.4 Å². The van der Waals surface area contributed by atoms with Crippen LogP contribution in [0.2, 0.25) is 5.02 Å². The van der Waals surface area contributed by atoms with Gasteiger partial charge in [-0.1, -0.05) is 29.8 Å². The Morgan fingerprint density at radius 3 is 2.19 bits per heavy atom. The predicted octanol–water partition coefficient (Wildman–Crippen LogP) is 5.94. The van der Waals surface area contributed by atoms with Gasteiger partial charge in [-0.15, -0.1) is 0 Å². The van der Waals surface area contributed by atoms with Crippen LogP contribution in [0.1, 0.15) is 22.3 Å². The lowest BCUT2D eigenvalue weighted by atomic mass is 9.99. The number of nitrogens with one attached hydrogen (secondary N) is 1. The number of carbonyl (C=O) groups excluding carboxylic acids is 2. The molecule has 2 amide bonds. The molecule has 32 heavy (non-hydrogen) atoms. The molecule has 1 aliphatic heterocycles. The number of halogens is 3. The molecule has 0 unspecified atom stereocenters. The minimum absolute atomic E-state index is 0.0495. The van der Waals surface area contributed by atoms with Crippen molar-refractivity contribution in [1.29, 1.82) is 0 Å². The Kier molecular flexibility index (Phi) is 5.57. The first-order valence-corrected chi connectivity index (χ1v) is 10.2. The summed E-state index contributed by atoms with van der Waals surface area (Å²) >= 11 is 6.04. The molecule has 4 nitrogen and oxygen atoms in total. The number of hydrogen-bond donors (Lipinski definition) is 1. The maximum Gasteiger partial charge on any atom is 0.282 e. The molecule has 3 aromatic carbocycles. The van der Waals surface area contributed by atoms with Crippen molar-refractivity contribution in [2.24, 2.45) is 0 Å². The molecule has 0 fully saturated rings. The van der Waals surface area contributed by atoms with Crippen LogP contribution in [0.5, 0.6) is 0 Å². The van der Waals surface area contributed by atoms with Gasteiger partial charge in [0.05, 0.1) is 11.3 Å². The maximum atomic E-state index is 13.9. The molecule has 0 aliphatic carbocycles. The third-order valence-corrected chi connectivity index (χ3v) is 5.72. The summed E-state index contributed by atoms with van der Waals surface area (Å²) in [6.07, 6.45) is 0. The smallest absolute Gasteiger partial charge is 0.282 e. The number of benzene rings is 3. The van der Waals surface area contributed by atoms with Crippen LogP contribution in [0.4, 0.5) is 20.2 Å². The second-order valence-corrected chi connectivity index (χ2v) is 8.11. The highest BCUT2D eigenvalue weighted by Crippen LogP contribution is 2.35. The van der Waals surface area contributed by atoms with Crippen molar-refractivity contribution in [1.82, 2.24) is 0 Å². The molecule has 7 heteroatoms. The summed E-state index contributed by atoms with van der Waals surface area (Å²) in [4.78, 5) is 27.6. The highest BCUT2D eigenvalue weighted by atomic mass is 35.5. The highest BCUT2D eigenvalue weighted by Gasteiger charge is 2.40. The number of nitrogens with zero attached hydrogens (tertiary/aromatic N) is 1. The summed E-state index contributed by atoms with van der Waals surface area (Å²) in [5.41, 5.74) is 4.05. The minimum atomic E-state index is -1.15. The van der Waals surface area contributed by atoms with Crippen molar-refractivity contribution >= 4 is 40.4 Å². The summed E-state index contributed by atoms with van der Waals surface area (Å²) < 4.78 is 27.3. The van der Waals surface area contributed by atoms with Crippen molar-refractivity contribution in [3.05, 3.63) is 99.2 Å². The number of aryl methyl sites for hydroxylation is 3. The topological polar surface area (TPSA) is 49.4 Å². The van der Waals surface area contributed by atoms with Gasteiger partial charge in [-0.3, -0.25) is 9.59 Å². The number of imide groups is 1. The standard InChI is InChI=1S/C25H19ClF2N2O2/c1-13-4-5-16(10-14(13)2)22-23(29-21-9-6-17(26)11-15(21)3)25(32)30(24(22)31)18-7-8-19(27)20(28)12-18/h4-12,29H,1-3H3.